The first kappa shape index (κ1) is 26.5. The van der Waals surface area contributed by atoms with Crippen molar-refractivity contribution in [2.45, 2.75) is 24.8 Å². The van der Waals surface area contributed by atoms with Gasteiger partial charge in [-0.3, -0.25) is 0 Å². The standard InChI is InChI=1S/C30H30N2O6/c1-2-16-37-29(35)31-15-14-20-8-7-9-21(17-20)18-27(28(33)34)32-30(36)38-19-26-24-12-5-3-10-22(24)23-11-4-6-13-25(23)26/h2-13,17,26-27H,1,14-16,18-19H2,(H,31,35)(H,32,36)(H,33,34)/t27-/m0/s1. The molecule has 2 amide bonds. The molecule has 8 nitrogen and oxygen atoms in total. The van der Waals surface area contributed by atoms with Crippen LogP contribution in [0.5, 0.6) is 0 Å². The van der Waals surface area contributed by atoms with Crippen LogP contribution in [0.4, 0.5) is 9.59 Å². The number of amides is 2. The molecule has 3 aromatic rings. The Labute approximate surface area is 221 Å². The van der Waals surface area contributed by atoms with E-state index in [1.807, 2.05) is 66.7 Å². The number of carboxylic acid groups (broad SMARTS) is 1. The molecule has 1 aliphatic carbocycles. The van der Waals surface area contributed by atoms with Gasteiger partial charge in [0.25, 0.3) is 0 Å². The summed E-state index contributed by atoms with van der Waals surface area (Å²) >= 11 is 0. The maximum Gasteiger partial charge on any atom is 0.407 e. The van der Waals surface area contributed by atoms with E-state index < -0.39 is 24.2 Å². The van der Waals surface area contributed by atoms with Gasteiger partial charge in [0, 0.05) is 18.9 Å². The normalized spacial score (nSPS) is 12.5. The molecule has 0 radical (unpaired) electrons. The van der Waals surface area contributed by atoms with Crippen LogP contribution < -0.4 is 10.6 Å². The fourth-order valence-corrected chi connectivity index (χ4v) is 4.62. The molecule has 0 fully saturated rings. The molecule has 0 bridgehead atoms. The first-order valence-corrected chi connectivity index (χ1v) is 12.4. The van der Waals surface area contributed by atoms with Crippen molar-refractivity contribution in [2.24, 2.45) is 0 Å². The van der Waals surface area contributed by atoms with Gasteiger partial charge in [0.2, 0.25) is 0 Å². The summed E-state index contributed by atoms with van der Waals surface area (Å²) in [4.78, 5) is 36.1. The van der Waals surface area contributed by atoms with Gasteiger partial charge >= 0.3 is 18.2 Å². The van der Waals surface area contributed by atoms with Crippen LogP contribution >= 0.6 is 0 Å². The Hall–Kier alpha value is -4.59. The highest BCUT2D eigenvalue weighted by Crippen LogP contribution is 2.44. The monoisotopic (exact) mass is 514 g/mol. The average molecular weight is 515 g/mol. The maximum absolute atomic E-state index is 12.6. The molecule has 1 atom stereocenters. The summed E-state index contributed by atoms with van der Waals surface area (Å²) in [6, 6.07) is 22.2. The van der Waals surface area contributed by atoms with Gasteiger partial charge < -0.3 is 25.2 Å². The predicted octanol–water partition coefficient (Wildman–Crippen LogP) is 4.68. The second-order valence-corrected chi connectivity index (χ2v) is 8.95. The van der Waals surface area contributed by atoms with Crippen LogP contribution in [-0.2, 0) is 27.1 Å². The zero-order valence-corrected chi connectivity index (χ0v) is 20.9. The van der Waals surface area contributed by atoms with Crippen LogP contribution in [0.2, 0.25) is 0 Å². The summed E-state index contributed by atoms with van der Waals surface area (Å²) in [5.41, 5.74) is 6.04. The molecular formula is C30H30N2O6. The van der Waals surface area contributed by atoms with Crippen LogP contribution in [0.25, 0.3) is 11.1 Å². The van der Waals surface area contributed by atoms with E-state index in [4.69, 9.17) is 9.47 Å². The number of rotatable bonds is 11. The molecule has 3 N–H and O–H groups in total. The summed E-state index contributed by atoms with van der Waals surface area (Å²) in [5.74, 6) is -1.27. The molecule has 0 spiro atoms. The highest BCUT2D eigenvalue weighted by Gasteiger charge is 2.29. The highest BCUT2D eigenvalue weighted by molar-refractivity contribution is 5.81. The zero-order chi connectivity index (χ0) is 26.9. The van der Waals surface area contributed by atoms with E-state index in [0.29, 0.717) is 13.0 Å². The molecular weight excluding hydrogens is 484 g/mol. The van der Waals surface area contributed by atoms with Crippen molar-refractivity contribution in [1.29, 1.82) is 0 Å². The average Bonchev–Trinajstić information content (AvgIpc) is 3.24. The number of carboxylic acids is 1. The number of aliphatic carboxylic acids is 1. The summed E-state index contributed by atoms with van der Waals surface area (Å²) in [6.45, 7) is 4.08. The van der Waals surface area contributed by atoms with E-state index in [-0.39, 0.29) is 25.6 Å². The topological polar surface area (TPSA) is 114 Å². The third-order valence-electron chi connectivity index (χ3n) is 6.38. The van der Waals surface area contributed by atoms with E-state index >= 15 is 0 Å². The van der Waals surface area contributed by atoms with Gasteiger partial charge in [-0.15, -0.1) is 0 Å². The van der Waals surface area contributed by atoms with Crippen LogP contribution in [0.3, 0.4) is 0 Å². The van der Waals surface area contributed by atoms with E-state index in [0.717, 1.165) is 33.4 Å². The molecule has 4 rings (SSSR count). The summed E-state index contributed by atoms with van der Waals surface area (Å²) in [6.07, 6.45) is 0.798. The maximum atomic E-state index is 12.6. The van der Waals surface area contributed by atoms with Gasteiger partial charge in [-0.2, -0.15) is 0 Å². The lowest BCUT2D eigenvalue weighted by atomic mass is 9.98. The van der Waals surface area contributed by atoms with Gasteiger partial charge in [0.15, 0.2) is 0 Å². The zero-order valence-electron chi connectivity index (χ0n) is 20.9. The Morgan fingerprint density at radius 3 is 2.21 bits per heavy atom. The van der Waals surface area contributed by atoms with Crippen molar-refractivity contribution in [3.05, 3.63) is 108 Å². The summed E-state index contributed by atoms with van der Waals surface area (Å²) < 4.78 is 10.4. The Balaban J connectivity index is 1.32. The van der Waals surface area contributed by atoms with Gasteiger partial charge in [-0.1, -0.05) is 85.5 Å². The minimum atomic E-state index is -1.16. The lowest BCUT2D eigenvalue weighted by Gasteiger charge is -2.18. The van der Waals surface area contributed by atoms with E-state index in [9.17, 15) is 19.5 Å². The minimum absolute atomic E-state index is 0.0855. The molecule has 0 saturated carbocycles. The van der Waals surface area contributed by atoms with Gasteiger partial charge in [-0.25, -0.2) is 14.4 Å². The number of carbonyl (C=O) groups excluding carboxylic acids is 2. The molecule has 8 heteroatoms. The van der Waals surface area contributed by atoms with Crippen LogP contribution in [0.1, 0.15) is 28.2 Å². The molecule has 196 valence electrons. The fourth-order valence-electron chi connectivity index (χ4n) is 4.62. The van der Waals surface area contributed by atoms with Crippen LogP contribution in [0, 0.1) is 0 Å². The second-order valence-electron chi connectivity index (χ2n) is 8.95. The molecule has 38 heavy (non-hydrogen) atoms. The molecule has 0 heterocycles. The molecule has 0 aromatic heterocycles. The molecule has 3 aromatic carbocycles. The first-order chi connectivity index (χ1) is 18.5. The summed E-state index contributed by atoms with van der Waals surface area (Å²) in [5, 5.41) is 14.9. The number of alkyl carbamates (subject to hydrolysis) is 2. The Kier molecular flexibility index (Phi) is 8.77. The van der Waals surface area contributed by atoms with Crippen molar-refractivity contribution >= 4 is 18.2 Å². The quantitative estimate of drug-likeness (QED) is 0.320. The number of fused-ring (bicyclic) bond motifs is 3. The number of carbonyl (C=O) groups is 3. The number of nitrogens with one attached hydrogen (secondary N) is 2. The lowest BCUT2D eigenvalue weighted by molar-refractivity contribution is -0.139. The summed E-state index contributed by atoms with van der Waals surface area (Å²) in [7, 11) is 0. The predicted molar refractivity (Wildman–Crippen MR) is 143 cm³/mol. The minimum Gasteiger partial charge on any atom is -0.480 e. The molecule has 0 unspecified atom stereocenters. The smallest absolute Gasteiger partial charge is 0.407 e. The fraction of sp³-hybridized carbons (Fsp3) is 0.233. The van der Waals surface area contributed by atoms with Crippen LogP contribution in [-0.4, -0.2) is 49.1 Å². The van der Waals surface area contributed by atoms with E-state index in [1.54, 1.807) is 6.07 Å². The number of hydrogen-bond acceptors (Lipinski definition) is 5. The second kappa shape index (κ2) is 12.6. The van der Waals surface area contributed by atoms with Gasteiger partial charge in [0.05, 0.1) is 0 Å². The lowest BCUT2D eigenvalue weighted by Crippen LogP contribution is -2.42. The van der Waals surface area contributed by atoms with Crippen molar-refractivity contribution in [1.82, 2.24) is 10.6 Å². The number of ether oxygens (including phenoxy) is 2. The van der Waals surface area contributed by atoms with Crippen molar-refractivity contribution in [2.75, 3.05) is 19.8 Å². The third-order valence-corrected chi connectivity index (χ3v) is 6.38. The molecule has 0 aliphatic heterocycles. The highest BCUT2D eigenvalue weighted by atomic mass is 16.6. The number of benzene rings is 3. The van der Waals surface area contributed by atoms with E-state index in [1.165, 1.54) is 6.08 Å². The Morgan fingerprint density at radius 1 is 0.895 bits per heavy atom. The largest absolute Gasteiger partial charge is 0.480 e. The Morgan fingerprint density at radius 2 is 1.55 bits per heavy atom. The van der Waals surface area contributed by atoms with E-state index in [2.05, 4.69) is 17.2 Å². The van der Waals surface area contributed by atoms with Gasteiger partial charge in [-0.05, 0) is 39.8 Å². The SMILES string of the molecule is C=CCOC(=O)NCCc1cccc(C[C@H](NC(=O)OCC2c3ccccc3-c3ccccc32)C(=O)O)c1. The Bertz CT molecular complexity index is 1280. The van der Waals surface area contributed by atoms with Gasteiger partial charge in [0.1, 0.15) is 19.3 Å². The first-order valence-electron chi connectivity index (χ1n) is 12.4. The van der Waals surface area contributed by atoms with Crippen molar-refractivity contribution in [3.8, 4) is 11.1 Å². The van der Waals surface area contributed by atoms with Crippen LogP contribution in [0.15, 0.2) is 85.5 Å². The number of hydrogen-bond donors (Lipinski definition) is 3. The molecule has 1 aliphatic rings. The van der Waals surface area contributed by atoms with Crippen molar-refractivity contribution in [3.63, 3.8) is 0 Å². The van der Waals surface area contributed by atoms with Crippen molar-refractivity contribution < 1.29 is 29.0 Å². The molecule has 0 saturated heterocycles. The third kappa shape index (κ3) is 6.59.